The molecular formula is C10H19NS. The van der Waals surface area contributed by atoms with E-state index in [1.54, 1.807) is 0 Å². The normalized spacial score (nSPS) is 40.2. The van der Waals surface area contributed by atoms with Crippen molar-refractivity contribution in [1.29, 1.82) is 0 Å². The Hall–Kier alpha value is 0.310. The molecule has 2 rings (SSSR count). The van der Waals surface area contributed by atoms with Crippen LogP contribution in [-0.2, 0) is 0 Å². The highest BCUT2D eigenvalue weighted by atomic mass is 32.1. The van der Waals surface area contributed by atoms with Crippen LogP contribution in [0.3, 0.4) is 0 Å². The van der Waals surface area contributed by atoms with E-state index in [0.29, 0.717) is 11.0 Å². The molecular weight excluding hydrogens is 166 g/mol. The minimum Gasteiger partial charge on any atom is -0.301 e. The summed E-state index contributed by atoms with van der Waals surface area (Å²) in [6, 6.07) is 0. The first kappa shape index (κ1) is 8.89. The zero-order chi connectivity index (χ0) is 8.82. The van der Waals surface area contributed by atoms with Crippen LogP contribution in [-0.4, -0.2) is 29.8 Å². The Bertz CT molecular complexity index is 188. The highest BCUT2D eigenvalue weighted by Crippen LogP contribution is 2.53. The van der Waals surface area contributed by atoms with Gasteiger partial charge in [0, 0.05) is 5.54 Å². The summed E-state index contributed by atoms with van der Waals surface area (Å²) >= 11 is 4.47. The molecule has 1 aliphatic heterocycles. The molecule has 1 spiro atoms. The van der Waals surface area contributed by atoms with Gasteiger partial charge < -0.3 is 4.90 Å². The smallest absolute Gasteiger partial charge is 0.0213 e. The predicted octanol–water partition coefficient (Wildman–Crippen LogP) is 2.18. The number of thiol groups is 1. The predicted molar refractivity (Wildman–Crippen MR) is 55.8 cm³/mol. The Labute approximate surface area is 80.9 Å². The first-order chi connectivity index (χ1) is 5.60. The highest BCUT2D eigenvalue weighted by molar-refractivity contribution is 7.80. The molecule has 0 aromatic rings. The van der Waals surface area contributed by atoms with Gasteiger partial charge in [-0.2, -0.15) is 12.6 Å². The Balaban J connectivity index is 2.08. The molecule has 1 nitrogen and oxygen atoms in total. The summed E-state index contributed by atoms with van der Waals surface area (Å²) in [7, 11) is 2.28. The number of likely N-dealkylation sites (tertiary alicyclic amines) is 1. The van der Waals surface area contributed by atoms with Crippen molar-refractivity contribution in [3.63, 3.8) is 0 Å². The molecule has 70 valence electrons. The van der Waals surface area contributed by atoms with E-state index in [9.17, 15) is 0 Å². The van der Waals surface area contributed by atoms with Crippen LogP contribution in [0.5, 0.6) is 0 Å². The van der Waals surface area contributed by atoms with E-state index in [0.717, 1.165) is 5.75 Å². The highest BCUT2D eigenvalue weighted by Gasteiger charge is 2.52. The standard InChI is InChI=1S/C10H19NS/c1-9(8-12)5-6-11(2)10(7-9)3-4-10/h12H,3-8H2,1-2H3. The van der Waals surface area contributed by atoms with E-state index in [2.05, 4.69) is 31.5 Å². The lowest BCUT2D eigenvalue weighted by molar-refractivity contribution is 0.0799. The van der Waals surface area contributed by atoms with Gasteiger partial charge in [0.15, 0.2) is 0 Å². The Morgan fingerprint density at radius 3 is 2.50 bits per heavy atom. The molecule has 2 heteroatoms. The van der Waals surface area contributed by atoms with E-state index >= 15 is 0 Å². The zero-order valence-corrected chi connectivity index (χ0v) is 9.03. The van der Waals surface area contributed by atoms with Crippen molar-refractivity contribution in [2.45, 2.75) is 38.1 Å². The summed E-state index contributed by atoms with van der Waals surface area (Å²) in [4.78, 5) is 2.57. The van der Waals surface area contributed by atoms with E-state index in [1.165, 1.54) is 32.2 Å². The molecule has 2 aliphatic rings. The van der Waals surface area contributed by atoms with Crippen molar-refractivity contribution in [3.8, 4) is 0 Å². The maximum atomic E-state index is 4.47. The number of nitrogens with zero attached hydrogens (tertiary/aromatic N) is 1. The largest absolute Gasteiger partial charge is 0.301 e. The van der Waals surface area contributed by atoms with Crippen LogP contribution in [0.4, 0.5) is 0 Å². The van der Waals surface area contributed by atoms with Crippen molar-refractivity contribution in [2.75, 3.05) is 19.3 Å². The Morgan fingerprint density at radius 2 is 2.00 bits per heavy atom. The van der Waals surface area contributed by atoms with Gasteiger partial charge in [0.25, 0.3) is 0 Å². The average molecular weight is 185 g/mol. The van der Waals surface area contributed by atoms with E-state index in [-0.39, 0.29) is 0 Å². The lowest BCUT2D eigenvalue weighted by Crippen LogP contribution is -2.46. The van der Waals surface area contributed by atoms with Gasteiger partial charge in [0.2, 0.25) is 0 Å². The molecule has 1 aliphatic carbocycles. The number of rotatable bonds is 1. The molecule has 1 unspecified atom stereocenters. The molecule has 2 fully saturated rings. The fourth-order valence-corrected chi connectivity index (χ4v) is 2.80. The maximum absolute atomic E-state index is 4.47. The lowest BCUT2D eigenvalue weighted by atomic mass is 9.77. The van der Waals surface area contributed by atoms with Gasteiger partial charge in [-0.05, 0) is 50.4 Å². The molecule has 1 heterocycles. The zero-order valence-electron chi connectivity index (χ0n) is 8.14. The summed E-state index contributed by atoms with van der Waals surface area (Å²) in [5.41, 5.74) is 1.13. The molecule has 1 saturated carbocycles. The molecule has 0 bridgehead atoms. The van der Waals surface area contributed by atoms with Gasteiger partial charge in [-0.3, -0.25) is 0 Å². The Morgan fingerprint density at radius 1 is 1.33 bits per heavy atom. The fourth-order valence-electron chi connectivity index (χ4n) is 2.53. The van der Waals surface area contributed by atoms with Crippen LogP contribution in [0.15, 0.2) is 0 Å². The van der Waals surface area contributed by atoms with E-state index in [1.807, 2.05) is 0 Å². The molecule has 0 radical (unpaired) electrons. The van der Waals surface area contributed by atoms with Gasteiger partial charge >= 0.3 is 0 Å². The summed E-state index contributed by atoms with van der Waals surface area (Å²) in [6.07, 6.45) is 5.55. The molecule has 0 amide bonds. The third-order valence-electron chi connectivity index (χ3n) is 3.83. The lowest BCUT2D eigenvalue weighted by Gasteiger charge is -2.43. The molecule has 0 aromatic carbocycles. The molecule has 0 aromatic heterocycles. The minimum atomic E-state index is 0.520. The fraction of sp³-hybridized carbons (Fsp3) is 1.00. The number of piperidine rings is 1. The Kier molecular flexibility index (Phi) is 1.96. The first-order valence-corrected chi connectivity index (χ1v) is 5.56. The van der Waals surface area contributed by atoms with Crippen LogP contribution in [0.2, 0.25) is 0 Å². The molecule has 1 atom stereocenters. The second-order valence-electron chi connectivity index (χ2n) is 5.04. The third kappa shape index (κ3) is 1.29. The third-order valence-corrected chi connectivity index (χ3v) is 4.59. The SMILES string of the molecule is CN1CCC(C)(CS)CC12CC2. The summed E-state index contributed by atoms with van der Waals surface area (Å²) in [5, 5.41) is 0. The quantitative estimate of drug-likeness (QED) is 0.613. The van der Waals surface area contributed by atoms with E-state index < -0.39 is 0 Å². The first-order valence-electron chi connectivity index (χ1n) is 4.92. The van der Waals surface area contributed by atoms with Crippen molar-refractivity contribution in [2.24, 2.45) is 5.41 Å². The summed E-state index contributed by atoms with van der Waals surface area (Å²) in [5.74, 6) is 1.06. The van der Waals surface area contributed by atoms with Gasteiger partial charge in [-0.15, -0.1) is 0 Å². The summed E-state index contributed by atoms with van der Waals surface area (Å²) in [6.45, 7) is 3.67. The van der Waals surface area contributed by atoms with Gasteiger partial charge in [-0.1, -0.05) is 6.92 Å². The van der Waals surface area contributed by atoms with Gasteiger partial charge in [0.1, 0.15) is 0 Å². The van der Waals surface area contributed by atoms with Gasteiger partial charge in [-0.25, -0.2) is 0 Å². The van der Waals surface area contributed by atoms with Crippen molar-refractivity contribution < 1.29 is 0 Å². The summed E-state index contributed by atoms with van der Waals surface area (Å²) < 4.78 is 0. The van der Waals surface area contributed by atoms with E-state index in [4.69, 9.17) is 0 Å². The maximum Gasteiger partial charge on any atom is 0.0213 e. The molecule has 12 heavy (non-hydrogen) atoms. The van der Waals surface area contributed by atoms with Crippen LogP contribution in [0.25, 0.3) is 0 Å². The van der Waals surface area contributed by atoms with Crippen LogP contribution >= 0.6 is 12.6 Å². The number of hydrogen-bond donors (Lipinski definition) is 1. The second kappa shape index (κ2) is 2.65. The van der Waals surface area contributed by atoms with Crippen molar-refractivity contribution in [3.05, 3.63) is 0 Å². The van der Waals surface area contributed by atoms with Crippen LogP contribution in [0, 0.1) is 5.41 Å². The number of hydrogen-bond acceptors (Lipinski definition) is 2. The van der Waals surface area contributed by atoms with Crippen LogP contribution < -0.4 is 0 Å². The van der Waals surface area contributed by atoms with Crippen LogP contribution in [0.1, 0.15) is 32.6 Å². The van der Waals surface area contributed by atoms with Gasteiger partial charge in [0.05, 0.1) is 0 Å². The molecule has 1 saturated heterocycles. The minimum absolute atomic E-state index is 0.520. The molecule has 0 N–H and O–H groups in total. The second-order valence-corrected chi connectivity index (χ2v) is 5.36. The van der Waals surface area contributed by atoms with Crippen molar-refractivity contribution in [1.82, 2.24) is 4.90 Å². The topological polar surface area (TPSA) is 3.24 Å². The monoisotopic (exact) mass is 185 g/mol. The van der Waals surface area contributed by atoms with Crippen molar-refractivity contribution >= 4 is 12.6 Å². The average Bonchev–Trinajstić information content (AvgIpc) is 2.80.